The Bertz CT molecular complexity index is 486. The van der Waals surface area contributed by atoms with Crippen molar-refractivity contribution in [1.82, 2.24) is 0 Å². The number of allylic oxidation sites excluding steroid dienone is 7. The van der Waals surface area contributed by atoms with E-state index in [-0.39, 0.29) is 5.97 Å². The maximum absolute atomic E-state index is 11.5. The Hall–Kier alpha value is -1.57. The van der Waals surface area contributed by atoms with Crippen molar-refractivity contribution in [3.8, 4) is 0 Å². The van der Waals surface area contributed by atoms with Gasteiger partial charge in [0.2, 0.25) is 0 Å². The third-order valence-corrected chi connectivity index (χ3v) is 3.83. The van der Waals surface area contributed by atoms with Crippen LogP contribution in [0.15, 0.2) is 46.6 Å². The summed E-state index contributed by atoms with van der Waals surface area (Å²) in [6.07, 6.45) is 15.3. The van der Waals surface area contributed by atoms with E-state index in [1.54, 1.807) is 0 Å². The van der Waals surface area contributed by atoms with Gasteiger partial charge < -0.3 is 4.74 Å². The third kappa shape index (κ3) is 12.9. The molecule has 0 radical (unpaired) electrons. The fourth-order valence-electron chi connectivity index (χ4n) is 2.30. The van der Waals surface area contributed by atoms with Crippen LogP contribution in [0.2, 0.25) is 0 Å². The summed E-state index contributed by atoms with van der Waals surface area (Å²) >= 11 is 0. The lowest BCUT2D eigenvalue weighted by atomic mass is 10.1. The van der Waals surface area contributed by atoms with Gasteiger partial charge in [0, 0.05) is 5.57 Å². The van der Waals surface area contributed by atoms with Crippen molar-refractivity contribution in [2.75, 3.05) is 6.61 Å². The van der Waals surface area contributed by atoms with Crippen LogP contribution in [-0.2, 0) is 9.53 Å². The van der Waals surface area contributed by atoms with E-state index in [0.29, 0.717) is 12.2 Å². The molecule has 2 heteroatoms. The van der Waals surface area contributed by atoms with Crippen LogP contribution in [0.25, 0.3) is 0 Å². The van der Waals surface area contributed by atoms with Gasteiger partial charge in [-0.1, -0.05) is 41.0 Å². The second-order valence-electron chi connectivity index (χ2n) is 6.64. The van der Waals surface area contributed by atoms with Gasteiger partial charge in [0.15, 0.2) is 0 Å². The van der Waals surface area contributed by atoms with E-state index in [1.807, 2.05) is 19.9 Å². The van der Waals surface area contributed by atoms with Gasteiger partial charge in [-0.2, -0.15) is 0 Å². The highest BCUT2D eigenvalue weighted by Crippen LogP contribution is 2.12. The van der Waals surface area contributed by atoms with Crippen LogP contribution in [0.4, 0.5) is 0 Å². The van der Waals surface area contributed by atoms with Crippen LogP contribution in [-0.4, -0.2) is 12.6 Å². The first-order chi connectivity index (χ1) is 11.4. The van der Waals surface area contributed by atoms with E-state index in [1.165, 1.54) is 16.7 Å². The number of hydrogen-bond donors (Lipinski definition) is 0. The second kappa shape index (κ2) is 13.8. The lowest BCUT2D eigenvalue weighted by molar-refractivity contribution is -0.138. The Labute approximate surface area is 149 Å². The molecule has 0 atom stereocenters. The van der Waals surface area contributed by atoms with Crippen molar-refractivity contribution in [3.63, 3.8) is 0 Å². The number of ether oxygens (including phenoxy) is 1. The first-order valence-electron chi connectivity index (χ1n) is 9.15. The zero-order valence-corrected chi connectivity index (χ0v) is 16.6. The zero-order chi connectivity index (χ0) is 18.4. The highest BCUT2D eigenvalue weighted by molar-refractivity contribution is 5.87. The first-order valence-corrected chi connectivity index (χ1v) is 9.15. The van der Waals surface area contributed by atoms with E-state index >= 15 is 0 Å². The molecule has 136 valence electrons. The molecule has 0 bridgehead atoms. The van der Waals surface area contributed by atoms with Crippen LogP contribution in [0.3, 0.4) is 0 Å². The van der Waals surface area contributed by atoms with Crippen molar-refractivity contribution in [2.24, 2.45) is 0 Å². The van der Waals surface area contributed by atoms with Crippen molar-refractivity contribution < 1.29 is 9.53 Å². The summed E-state index contributed by atoms with van der Waals surface area (Å²) in [5.41, 5.74) is 5.01. The van der Waals surface area contributed by atoms with Crippen molar-refractivity contribution >= 4 is 5.97 Å². The summed E-state index contributed by atoms with van der Waals surface area (Å²) in [5.74, 6) is -0.202. The molecule has 0 N–H and O–H groups in total. The van der Waals surface area contributed by atoms with Crippen molar-refractivity contribution in [2.45, 2.75) is 80.1 Å². The summed E-state index contributed by atoms with van der Waals surface area (Å²) in [6.45, 7) is 12.8. The highest BCUT2D eigenvalue weighted by Gasteiger charge is 2.02. The Morgan fingerprint density at radius 1 is 0.750 bits per heavy atom. The standard InChI is InChI=1S/C22H36O2/c1-7-24-22(23)21(6)17-9-8-13-19(4)15-11-16-20(5)14-10-12-18(2)3/h12-13,16-17H,7-11,14-15H2,1-6H3/b19-13+,20-16+,21-17+. The molecule has 0 aromatic rings. The van der Waals surface area contributed by atoms with Crippen LogP contribution in [0, 0.1) is 0 Å². The maximum Gasteiger partial charge on any atom is 0.333 e. The van der Waals surface area contributed by atoms with Gasteiger partial charge in [0.25, 0.3) is 0 Å². The lowest BCUT2D eigenvalue weighted by Gasteiger charge is -2.02. The molecule has 0 saturated carbocycles. The predicted octanol–water partition coefficient (Wildman–Crippen LogP) is 6.70. The van der Waals surface area contributed by atoms with E-state index in [9.17, 15) is 4.79 Å². The molecule has 0 aliphatic rings. The van der Waals surface area contributed by atoms with Crippen LogP contribution >= 0.6 is 0 Å². The Balaban J connectivity index is 4.05. The minimum Gasteiger partial charge on any atom is -0.463 e. The van der Waals surface area contributed by atoms with Crippen LogP contribution < -0.4 is 0 Å². The molecule has 0 amide bonds. The third-order valence-electron chi connectivity index (χ3n) is 3.83. The minimum atomic E-state index is -0.202. The van der Waals surface area contributed by atoms with Gasteiger partial charge in [-0.05, 0) is 80.1 Å². The van der Waals surface area contributed by atoms with Crippen LogP contribution in [0.1, 0.15) is 80.1 Å². The summed E-state index contributed by atoms with van der Waals surface area (Å²) < 4.78 is 4.97. The van der Waals surface area contributed by atoms with Crippen molar-refractivity contribution in [3.05, 3.63) is 46.6 Å². The molecule has 0 heterocycles. The van der Waals surface area contributed by atoms with Gasteiger partial charge in [-0.15, -0.1) is 0 Å². The number of esters is 1. The lowest BCUT2D eigenvalue weighted by Crippen LogP contribution is -2.04. The number of carbonyl (C=O) groups is 1. The Morgan fingerprint density at radius 3 is 1.79 bits per heavy atom. The van der Waals surface area contributed by atoms with E-state index < -0.39 is 0 Å². The van der Waals surface area contributed by atoms with E-state index in [4.69, 9.17) is 4.74 Å². The number of carbonyl (C=O) groups excluding carboxylic acids is 1. The van der Waals surface area contributed by atoms with Gasteiger partial charge >= 0.3 is 5.97 Å². The zero-order valence-electron chi connectivity index (χ0n) is 16.6. The molecule has 0 aromatic carbocycles. The monoisotopic (exact) mass is 332 g/mol. The van der Waals surface area contributed by atoms with Crippen molar-refractivity contribution in [1.29, 1.82) is 0 Å². The molecule has 0 aliphatic heterocycles. The molecule has 0 unspecified atom stereocenters. The topological polar surface area (TPSA) is 26.3 Å². The normalized spacial score (nSPS) is 13.0. The Morgan fingerprint density at radius 2 is 1.25 bits per heavy atom. The summed E-state index contributed by atoms with van der Waals surface area (Å²) in [6, 6.07) is 0. The largest absolute Gasteiger partial charge is 0.463 e. The molecular weight excluding hydrogens is 296 g/mol. The average molecular weight is 333 g/mol. The highest BCUT2D eigenvalue weighted by atomic mass is 16.5. The smallest absolute Gasteiger partial charge is 0.333 e. The fourth-order valence-corrected chi connectivity index (χ4v) is 2.30. The molecular formula is C22H36O2. The minimum absolute atomic E-state index is 0.202. The SMILES string of the molecule is CCOC(=O)/C(C)=C/CC/C=C(\C)CC/C=C(\C)CCC=C(C)C. The molecule has 0 aliphatic carbocycles. The van der Waals surface area contributed by atoms with E-state index in [0.717, 1.165) is 38.5 Å². The summed E-state index contributed by atoms with van der Waals surface area (Å²) in [4.78, 5) is 11.5. The molecule has 24 heavy (non-hydrogen) atoms. The predicted molar refractivity (Wildman–Crippen MR) is 105 cm³/mol. The second-order valence-corrected chi connectivity index (χ2v) is 6.64. The fraction of sp³-hybridized carbons (Fsp3) is 0.591. The summed E-state index contributed by atoms with van der Waals surface area (Å²) in [7, 11) is 0. The molecule has 0 spiro atoms. The molecule has 0 aromatic heterocycles. The molecule has 0 saturated heterocycles. The molecule has 2 nitrogen and oxygen atoms in total. The van der Waals surface area contributed by atoms with Gasteiger partial charge in [0.1, 0.15) is 0 Å². The average Bonchev–Trinajstić information content (AvgIpc) is 2.51. The number of hydrogen-bond acceptors (Lipinski definition) is 2. The quantitative estimate of drug-likeness (QED) is 0.182. The van der Waals surface area contributed by atoms with Gasteiger partial charge in [-0.3, -0.25) is 0 Å². The van der Waals surface area contributed by atoms with E-state index in [2.05, 4.69) is 45.9 Å². The first kappa shape index (κ1) is 22.4. The number of unbranched alkanes of at least 4 members (excludes halogenated alkanes) is 1. The number of rotatable bonds is 11. The molecule has 0 rings (SSSR count). The molecule has 0 fully saturated rings. The van der Waals surface area contributed by atoms with Gasteiger partial charge in [0.05, 0.1) is 6.61 Å². The van der Waals surface area contributed by atoms with Crippen LogP contribution in [0.5, 0.6) is 0 Å². The summed E-state index contributed by atoms with van der Waals surface area (Å²) in [5, 5.41) is 0. The Kier molecular flexibility index (Phi) is 12.9. The maximum atomic E-state index is 11.5. The van der Waals surface area contributed by atoms with Gasteiger partial charge in [-0.25, -0.2) is 4.79 Å².